The van der Waals surface area contributed by atoms with Crippen LogP contribution in [0, 0.1) is 40.4 Å². The van der Waals surface area contributed by atoms with E-state index in [4.69, 9.17) is 0 Å². The third-order valence-corrected chi connectivity index (χ3v) is 9.18. The molecule has 0 heterocycles. The van der Waals surface area contributed by atoms with Gasteiger partial charge in [0.1, 0.15) is 5.67 Å². The number of alkyl halides is 1. The molecule has 0 unspecified atom stereocenters. The number of aliphatic hydroxyl groups is 1. The van der Waals surface area contributed by atoms with Gasteiger partial charge in [0.15, 0.2) is 0 Å². The zero-order valence-electron chi connectivity index (χ0n) is 15.4. The maximum absolute atomic E-state index is 14.9. The summed E-state index contributed by atoms with van der Waals surface area (Å²) in [7, 11) is 0. The fourth-order valence-electron chi connectivity index (χ4n) is 7.77. The Labute approximate surface area is 141 Å². The van der Waals surface area contributed by atoms with E-state index in [0.717, 1.165) is 24.2 Å². The highest BCUT2D eigenvalue weighted by atomic mass is 19.1. The SMILES string of the molecule is C[C@H]1CC[C@@]2(C)[C@@H](CC[C@@H]3[C@@H]2CC[C@]2(C)[C@@H](O)[C@](C)(F)C[C@@H]32)C1. The summed E-state index contributed by atoms with van der Waals surface area (Å²) in [6.07, 6.45) is 8.84. The maximum Gasteiger partial charge on any atom is 0.134 e. The Bertz CT molecular complexity index is 488. The van der Waals surface area contributed by atoms with E-state index in [1.54, 1.807) is 6.92 Å². The smallest absolute Gasteiger partial charge is 0.134 e. The lowest BCUT2D eigenvalue weighted by atomic mass is 9.44. The molecule has 2 heteroatoms. The molecule has 0 amide bonds. The molecule has 1 nitrogen and oxygen atoms in total. The minimum Gasteiger partial charge on any atom is -0.389 e. The standard InChI is InChI=1S/C21H35FO/c1-13-7-9-19(2)14(11-13)5-6-15-16(19)8-10-20(3)17(15)12-21(4,22)18(20)23/h13-18,23H,5-12H2,1-4H3/t13-,14-,15+,16-,17-,18+,19-,20-,21+/m0/s1. The van der Waals surface area contributed by atoms with Gasteiger partial charge in [-0.1, -0.05) is 27.2 Å². The summed E-state index contributed by atoms with van der Waals surface area (Å²) >= 11 is 0. The first-order chi connectivity index (χ1) is 10.7. The predicted octanol–water partition coefficient (Wildman–Crippen LogP) is 5.36. The molecule has 0 aromatic rings. The molecule has 9 atom stereocenters. The number of hydrogen-bond acceptors (Lipinski definition) is 1. The van der Waals surface area contributed by atoms with Crippen LogP contribution >= 0.6 is 0 Å². The van der Waals surface area contributed by atoms with Crippen LogP contribution in [0.3, 0.4) is 0 Å². The van der Waals surface area contributed by atoms with Gasteiger partial charge in [0, 0.05) is 0 Å². The van der Waals surface area contributed by atoms with Gasteiger partial charge >= 0.3 is 0 Å². The van der Waals surface area contributed by atoms with E-state index in [-0.39, 0.29) is 5.41 Å². The van der Waals surface area contributed by atoms with E-state index in [2.05, 4.69) is 20.8 Å². The molecule has 0 aromatic heterocycles. The molecule has 1 N–H and O–H groups in total. The molecular weight excluding hydrogens is 287 g/mol. The Morgan fingerprint density at radius 3 is 2.35 bits per heavy atom. The fraction of sp³-hybridized carbons (Fsp3) is 1.00. The molecule has 4 rings (SSSR count). The molecule has 4 saturated carbocycles. The molecule has 0 bridgehead atoms. The molecule has 23 heavy (non-hydrogen) atoms. The second-order valence-electron chi connectivity index (χ2n) is 10.5. The van der Waals surface area contributed by atoms with Crippen molar-refractivity contribution < 1.29 is 9.50 Å². The largest absolute Gasteiger partial charge is 0.389 e. The summed E-state index contributed by atoms with van der Waals surface area (Å²) in [6, 6.07) is 0. The van der Waals surface area contributed by atoms with Crippen molar-refractivity contribution in [2.75, 3.05) is 0 Å². The second kappa shape index (κ2) is 4.96. The van der Waals surface area contributed by atoms with E-state index >= 15 is 0 Å². The zero-order chi connectivity index (χ0) is 16.6. The number of halogens is 1. The van der Waals surface area contributed by atoms with Gasteiger partial charge in [-0.25, -0.2) is 4.39 Å². The third kappa shape index (κ3) is 2.12. The van der Waals surface area contributed by atoms with Crippen molar-refractivity contribution in [3.05, 3.63) is 0 Å². The lowest BCUT2D eigenvalue weighted by molar-refractivity contribution is -0.129. The highest BCUT2D eigenvalue weighted by Gasteiger charge is 2.65. The Morgan fingerprint density at radius 1 is 0.913 bits per heavy atom. The van der Waals surface area contributed by atoms with Gasteiger partial charge in [-0.15, -0.1) is 0 Å². The highest BCUT2D eigenvalue weighted by Crippen LogP contribution is 2.68. The molecular formula is C21H35FO. The van der Waals surface area contributed by atoms with Crippen molar-refractivity contribution in [3.63, 3.8) is 0 Å². The van der Waals surface area contributed by atoms with Gasteiger partial charge in [0.25, 0.3) is 0 Å². The van der Waals surface area contributed by atoms with Crippen LogP contribution in [0.2, 0.25) is 0 Å². The summed E-state index contributed by atoms with van der Waals surface area (Å²) in [5, 5.41) is 10.7. The molecule has 4 fully saturated rings. The molecule has 4 aliphatic rings. The average molecular weight is 323 g/mol. The van der Waals surface area contributed by atoms with Gasteiger partial charge in [0.05, 0.1) is 6.10 Å². The monoisotopic (exact) mass is 322 g/mol. The summed E-state index contributed by atoms with van der Waals surface area (Å²) in [5.41, 5.74) is -1.08. The summed E-state index contributed by atoms with van der Waals surface area (Å²) < 4.78 is 14.9. The van der Waals surface area contributed by atoms with Crippen LogP contribution in [0.5, 0.6) is 0 Å². The van der Waals surface area contributed by atoms with Crippen molar-refractivity contribution in [2.24, 2.45) is 40.4 Å². The van der Waals surface area contributed by atoms with Crippen LogP contribution in [0.25, 0.3) is 0 Å². The van der Waals surface area contributed by atoms with E-state index in [0.29, 0.717) is 23.7 Å². The minimum absolute atomic E-state index is 0.185. The van der Waals surface area contributed by atoms with E-state index in [1.807, 2.05) is 0 Å². The quantitative estimate of drug-likeness (QED) is 0.636. The average Bonchev–Trinajstić information content (AvgIpc) is 2.68. The van der Waals surface area contributed by atoms with E-state index in [9.17, 15) is 9.50 Å². The summed E-state index contributed by atoms with van der Waals surface area (Å²) in [6.45, 7) is 8.81. The number of rotatable bonds is 0. The first-order valence-corrected chi connectivity index (χ1v) is 10.1. The molecule has 0 aromatic carbocycles. The number of hydrogen-bond donors (Lipinski definition) is 1. The number of fused-ring (bicyclic) bond motifs is 5. The van der Waals surface area contributed by atoms with Crippen LogP contribution in [0.4, 0.5) is 4.39 Å². The lowest BCUT2D eigenvalue weighted by Crippen LogP contribution is -2.54. The molecule has 132 valence electrons. The summed E-state index contributed by atoms with van der Waals surface area (Å²) in [4.78, 5) is 0. The van der Waals surface area contributed by atoms with Crippen molar-refractivity contribution in [2.45, 2.75) is 90.8 Å². The molecule has 0 saturated heterocycles. The second-order valence-corrected chi connectivity index (χ2v) is 10.5. The molecule has 0 spiro atoms. The van der Waals surface area contributed by atoms with Crippen molar-refractivity contribution in [3.8, 4) is 0 Å². The van der Waals surface area contributed by atoms with Crippen molar-refractivity contribution in [1.82, 2.24) is 0 Å². The van der Waals surface area contributed by atoms with E-state index in [1.165, 1.54) is 38.5 Å². The van der Waals surface area contributed by atoms with Gasteiger partial charge in [-0.2, -0.15) is 0 Å². The Morgan fingerprint density at radius 2 is 1.61 bits per heavy atom. The first-order valence-electron chi connectivity index (χ1n) is 10.1. The first kappa shape index (κ1) is 16.4. The molecule has 0 radical (unpaired) electrons. The van der Waals surface area contributed by atoms with Gasteiger partial charge in [-0.3, -0.25) is 0 Å². The van der Waals surface area contributed by atoms with Crippen molar-refractivity contribution in [1.29, 1.82) is 0 Å². The van der Waals surface area contributed by atoms with Crippen LogP contribution in [0.1, 0.15) is 79.1 Å². The van der Waals surface area contributed by atoms with Crippen LogP contribution in [-0.2, 0) is 0 Å². The third-order valence-electron chi connectivity index (χ3n) is 9.18. The molecule has 4 aliphatic carbocycles. The number of aliphatic hydroxyl groups excluding tert-OH is 1. The fourth-order valence-corrected chi connectivity index (χ4v) is 7.77. The van der Waals surface area contributed by atoms with Gasteiger partial charge < -0.3 is 5.11 Å². The lowest BCUT2D eigenvalue weighted by Gasteiger charge is -2.60. The molecule has 0 aliphatic heterocycles. The van der Waals surface area contributed by atoms with E-state index < -0.39 is 11.8 Å². The zero-order valence-corrected chi connectivity index (χ0v) is 15.4. The summed E-state index contributed by atoms with van der Waals surface area (Å²) in [5.74, 6) is 3.59. The minimum atomic E-state index is -1.38. The Kier molecular flexibility index (Phi) is 3.53. The van der Waals surface area contributed by atoms with Crippen molar-refractivity contribution >= 4 is 0 Å². The Balaban J connectivity index is 1.65. The van der Waals surface area contributed by atoms with Gasteiger partial charge in [-0.05, 0) is 92.3 Å². The predicted molar refractivity (Wildman–Crippen MR) is 91.8 cm³/mol. The normalized spacial score (nSPS) is 62.3. The highest BCUT2D eigenvalue weighted by molar-refractivity contribution is 5.14. The topological polar surface area (TPSA) is 20.2 Å². The van der Waals surface area contributed by atoms with Crippen LogP contribution in [0.15, 0.2) is 0 Å². The maximum atomic E-state index is 14.9. The van der Waals surface area contributed by atoms with Gasteiger partial charge in [0.2, 0.25) is 0 Å². The van der Waals surface area contributed by atoms with Crippen LogP contribution < -0.4 is 0 Å². The Hall–Kier alpha value is -0.110. The van der Waals surface area contributed by atoms with Crippen LogP contribution in [-0.4, -0.2) is 16.9 Å².